The third-order valence-electron chi connectivity index (χ3n) is 2.67. The summed E-state index contributed by atoms with van der Waals surface area (Å²) in [6, 6.07) is 17.1. The van der Waals surface area contributed by atoms with Crippen LogP contribution in [-0.4, -0.2) is 12.4 Å². The van der Waals surface area contributed by atoms with Crippen LogP contribution in [-0.2, 0) is 6.42 Å². The molecule has 0 fully saturated rings. The van der Waals surface area contributed by atoms with Gasteiger partial charge in [0.2, 0.25) is 0 Å². The third-order valence-corrected chi connectivity index (χ3v) is 2.67. The summed E-state index contributed by atoms with van der Waals surface area (Å²) in [4.78, 5) is 12.1. The van der Waals surface area contributed by atoms with Crippen LogP contribution in [0.4, 0.5) is 0 Å². The average molecular weight is 240 g/mol. The summed E-state index contributed by atoms with van der Waals surface area (Å²) < 4.78 is 5.39. The van der Waals surface area contributed by atoms with Crippen LogP contribution in [0.25, 0.3) is 0 Å². The predicted molar refractivity (Wildman–Crippen MR) is 72.1 cm³/mol. The van der Waals surface area contributed by atoms with E-state index in [1.165, 1.54) is 0 Å². The molecule has 0 heterocycles. The van der Waals surface area contributed by atoms with Crippen molar-refractivity contribution >= 4 is 5.78 Å². The van der Waals surface area contributed by atoms with Crippen molar-refractivity contribution in [2.24, 2.45) is 0 Å². The maximum Gasteiger partial charge on any atom is 0.167 e. The molecule has 0 unspecified atom stereocenters. The van der Waals surface area contributed by atoms with Crippen molar-refractivity contribution in [1.82, 2.24) is 0 Å². The molecule has 92 valence electrons. The summed E-state index contributed by atoms with van der Waals surface area (Å²) in [5, 5.41) is 0. The van der Waals surface area contributed by atoms with Gasteiger partial charge in [0.15, 0.2) is 5.78 Å². The van der Waals surface area contributed by atoms with Crippen LogP contribution < -0.4 is 4.74 Å². The number of carbonyl (C=O) groups excluding carboxylic acids is 1. The number of hydrogen-bond acceptors (Lipinski definition) is 2. The molecule has 0 aromatic heterocycles. The van der Waals surface area contributed by atoms with Crippen LogP contribution in [0.2, 0.25) is 0 Å². The maximum atomic E-state index is 12.1. The highest BCUT2D eigenvalue weighted by molar-refractivity contribution is 5.97. The molecule has 0 saturated carbocycles. The number of rotatable bonds is 5. The van der Waals surface area contributed by atoms with E-state index in [0.717, 1.165) is 11.3 Å². The van der Waals surface area contributed by atoms with Crippen LogP contribution in [0.15, 0.2) is 54.6 Å². The normalized spacial score (nSPS) is 10.1. The second-order valence-corrected chi connectivity index (χ2v) is 4.05. The molecule has 0 N–H and O–H groups in total. The Hall–Kier alpha value is -2.09. The zero-order chi connectivity index (χ0) is 12.8. The fraction of sp³-hybridized carbons (Fsp3) is 0.188. The molecule has 0 aliphatic heterocycles. The summed E-state index contributed by atoms with van der Waals surface area (Å²) in [7, 11) is 0. The Morgan fingerprint density at radius 2 is 1.83 bits per heavy atom. The summed E-state index contributed by atoms with van der Waals surface area (Å²) in [5.74, 6) is 0.860. The SMILES string of the molecule is CCOc1cccc(C(=O)Cc2ccccc2)c1. The smallest absolute Gasteiger partial charge is 0.167 e. The molecule has 2 heteroatoms. The van der Waals surface area contributed by atoms with Gasteiger partial charge in [-0.3, -0.25) is 4.79 Å². The first-order valence-corrected chi connectivity index (χ1v) is 6.09. The third kappa shape index (κ3) is 3.20. The van der Waals surface area contributed by atoms with Crippen molar-refractivity contribution in [2.75, 3.05) is 6.61 Å². The summed E-state index contributed by atoms with van der Waals surface area (Å²) >= 11 is 0. The zero-order valence-corrected chi connectivity index (χ0v) is 10.4. The van der Waals surface area contributed by atoms with Gasteiger partial charge >= 0.3 is 0 Å². The standard InChI is InChI=1S/C16H16O2/c1-2-18-15-10-6-9-14(12-15)16(17)11-13-7-4-3-5-8-13/h3-10,12H,2,11H2,1H3. The van der Waals surface area contributed by atoms with Crippen molar-refractivity contribution < 1.29 is 9.53 Å². The van der Waals surface area contributed by atoms with Crippen molar-refractivity contribution in [1.29, 1.82) is 0 Å². The molecule has 0 aliphatic rings. The van der Waals surface area contributed by atoms with Gasteiger partial charge in [0.05, 0.1) is 6.61 Å². The van der Waals surface area contributed by atoms with E-state index in [1.807, 2.05) is 55.5 Å². The lowest BCUT2D eigenvalue weighted by Gasteiger charge is -2.05. The minimum Gasteiger partial charge on any atom is -0.494 e. The van der Waals surface area contributed by atoms with Gasteiger partial charge in [-0.15, -0.1) is 0 Å². The van der Waals surface area contributed by atoms with Gasteiger partial charge in [-0.2, -0.15) is 0 Å². The van der Waals surface area contributed by atoms with E-state index in [-0.39, 0.29) is 5.78 Å². The highest BCUT2D eigenvalue weighted by atomic mass is 16.5. The lowest BCUT2D eigenvalue weighted by molar-refractivity contribution is 0.0992. The summed E-state index contributed by atoms with van der Waals surface area (Å²) in [6.07, 6.45) is 0.427. The molecular weight excluding hydrogens is 224 g/mol. The first-order valence-electron chi connectivity index (χ1n) is 6.09. The molecule has 0 aliphatic carbocycles. The van der Waals surface area contributed by atoms with Crippen LogP contribution in [0.3, 0.4) is 0 Å². The number of hydrogen-bond donors (Lipinski definition) is 0. The van der Waals surface area contributed by atoms with Crippen molar-refractivity contribution in [3.8, 4) is 5.75 Å². The second-order valence-electron chi connectivity index (χ2n) is 4.05. The molecule has 2 aromatic rings. The molecule has 2 nitrogen and oxygen atoms in total. The zero-order valence-electron chi connectivity index (χ0n) is 10.4. The van der Waals surface area contributed by atoms with Crippen LogP contribution in [0, 0.1) is 0 Å². The Kier molecular flexibility index (Phi) is 4.13. The lowest BCUT2D eigenvalue weighted by Crippen LogP contribution is -2.04. The Labute approximate surface area is 107 Å². The Bertz CT molecular complexity index is 518. The molecule has 18 heavy (non-hydrogen) atoms. The quantitative estimate of drug-likeness (QED) is 0.747. The Morgan fingerprint density at radius 3 is 2.56 bits per heavy atom. The van der Waals surface area contributed by atoms with E-state index >= 15 is 0 Å². The molecule has 2 rings (SSSR count). The van der Waals surface area contributed by atoms with Gasteiger partial charge in [-0.25, -0.2) is 0 Å². The monoisotopic (exact) mass is 240 g/mol. The Balaban J connectivity index is 2.11. The number of benzene rings is 2. The van der Waals surface area contributed by atoms with Crippen molar-refractivity contribution in [3.05, 3.63) is 65.7 Å². The highest BCUT2D eigenvalue weighted by Gasteiger charge is 2.07. The molecule has 0 radical (unpaired) electrons. The summed E-state index contributed by atoms with van der Waals surface area (Å²) in [6.45, 7) is 2.54. The van der Waals surface area contributed by atoms with E-state index in [4.69, 9.17) is 4.74 Å². The van der Waals surface area contributed by atoms with Crippen LogP contribution in [0.1, 0.15) is 22.8 Å². The Morgan fingerprint density at radius 1 is 1.06 bits per heavy atom. The van der Waals surface area contributed by atoms with E-state index in [9.17, 15) is 4.79 Å². The van der Waals surface area contributed by atoms with Gasteiger partial charge in [-0.1, -0.05) is 42.5 Å². The van der Waals surface area contributed by atoms with Gasteiger partial charge < -0.3 is 4.74 Å². The largest absolute Gasteiger partial charge is 0.494 e. The molecule has 0 saturated heterocycles. The predicted octanol–water partition coefficient (Wildman–Crippen LogP) is 3.51. The first kappa shape index (κ1) is 12.4. The fourth-order valence-corrected chi connectivity index (χ4v) is 1.81. The molecule has 0 spiro atoms. The molecule has 0 bridgehead atoms. The van der Waals surface area contributed by atoms with Gasteiger partial charge in [-0.05, 0) is 24.6 Å². The van der Waals surface area contributed by atoms with Gasteiger partial charge in [0, 0.05) is 12.0 Å². The van der Waals surface area contributed by atoms with Crippen LogP contribution in [0.5, 0.6) is 5.75 Å². The van der Waals surface area contributed by atoms with E-state index < -0.39 is 0 Å². The van der Waals surface area contributed by atoms with Gasteiger partial charge in [0.1, 0.15) is 5.75 Å². The fourth-order valence-electron chi connectivity index (χ4n) is 1.81. The number of ketones is 1. The van der Waals surface area contributed by atoms with Crippen molar-refractivity contribution in [2.45, 2.75) is 13.3 Å². The molecule has 0 atom stereocenters. The maximum absolute atomic E-state index is 12.1. The average Bonchev–Trinajstić information content (AvgIpc) is 2.40. The van der Waals surface area contributed by atoms with E-state index in [2.05, 4.69) is 0 Å². The summed E-state index contributed by atoms with van der Waals surface area (Å²) in [5.41, 5.74) is 1.73. The number of Topliss-reactive ketones (excluding diaryl/α,β-unsaturated/α-hetero) is 1. The molecular formula is C16H16O2. The molecule has 2 aromatic carbocycles. The minimum atomic E-state index is 0.114. The second kappa shape index (κ2) is 6.01. The van der Waals surface area contributed by atoms with E-state index in [0.29, 0.717) is 18.6 Å². The molecule has 0 amide bonds. The topological polar surface area (TPSA) is 26.3 Å². The highest BCUT2D eigenvalue weighted by Crippen LogP contribution is 2.15. The van der Waals surface area contributed by atoms with Crippen molar-refractivity contribution in [3.63, 3.8) is 0 Å². The minimum absolute atomic E-state index is 0.114. The number of ether oxygens (including phenoxy) is 1. The number of carbonyl (C=O) groups is 1. The van der Waals surface area contributed by atoms with Gasteiger partial charge in [0.25, 0.3) is 0 Å². The lowest BCUT2D eigenvalue weighted by atomic mass is 10.0. The first-order chi connectivity index (χ1) is 8.79. The van der Waals surface area contributed by atoms with Crippen LogP contribution >= 0.6 is 0 Å². The van der Waals surface area contributed by atoms with E-state index in [1.54, 1.807) is 6.07 Å².